The molecule has 40 heavy (non-hydrogen) atoms. The van der Waals surface area contributed by atoms with Crippen LogP contribution in [-0.2, 0) is 24.8 Å². The molecule has 1 saturated heterocycles. The molecule has 5 rings (SSSR count). The SMILES string of the molecule is O=C(NCCOc1ccc(S(=O)(=O)N2CCCC2)cc1)[C@@H]1CN(S(=O)(=O)c2ccccc2)c2cc(Cl)ccc2O1. The zero-order chi connectivity index (χ0) is 28.3. The number of rotatable bonds is 9. The van der Waals surface area contributed by atoms with Crippen LogP contribution in [0.5, 0.6) is 11.5 Å². The highest BCUT2D eigenvalue weighted by Gasteiger charge is 2.37. The molecule has 2 aliphatic rings. The number of hydrogen-bond donors (Lipinski definition) is 1. The Morgan fingerprint density at radius 1 is 0.925 bits per heavy atom. The maximum absolute atomic E-state index is 13.4. The van der Waals surface area contributed by atoms with Crippen LogP contribution < -0.4 is 19.1 Å². The second-order valence-corrected chi connectivity index (χ2v) is 13.5. The lowest BCUT2D eigenvalue weighted by Gasteiger charge is -2.34. The van der Waals surface area contributed by atoms with Gasteiger partial charge < -0.3 is 14.8 Å². The Kier molecular flexibility index (Phi) is 8.22. The Labute approximate surface area is 238 Å². The molecule has 0 aromatic heterocycles. The average Bonchev–Trinajstić information content (AvgIpc) is 3.52. The van der Waals surface area contributed by atoms with Crippen LogP contribution in [0.25, 0.3) is 0 Å². The number of carbonyl (C=O) groups is 1. The lowest BCUT2D eigenvalue weighted by molar-refractivity contribution is -0.127. The number of nitrogens with zero attached hydrogens (tertiary/aromatic N) is 2. The molecule has 1 atom stereocenters. The third kappa shape index (κ3) is 5.90. The summed E-state index contributed by atoms with van der Waals surface area (Å²) in [6.07, 6.45) is 0.613. The third-order valence-electron chi connectivity index (χ3n) is 6.61. The number of amides is 1. The van der Waals surface area contributed by atoms with Crippen molar-refractivity contribution in [1.82, 2.24) is 9.62 Å². The summed E-state index contributed by atoms with van der Waals surface area (Å²) in [4.78, 5) is 13.3. The van der Waals surface area contributed by atoms with Gasteiger partial charge in [0.15, 0.2) is 6.10 Å². The van der Waals surface area contributed by atoms with Gasteiger partial charge in [0.25, 0.3) is 15.9 Å². The van der Waals surface area contributed by atoms with Crippen LogP contribution in [0.3, 0.4) is 0 Å². The van der Waals surface area contributed by atoms with Crippen LogP contribution in [0, 0.1) is 0 Å². The van der Waals surface area contributed by atoms with E-state index in [0.717, 1.165) is 17.1 Å². The number of hydrogen-bond acceptors (Lipinski definition) is 7. The van der Waals surface area contributed by atoms with E-state index in [0.29, 0.717) is 23.9 Å². The van der Waals surface area contributed by atoms with Crippen LogP contribution in [-0.4, -0.2) is 65.9 Å². The van der Waals surface area contributed by atoms with E-state index in [2.05, 4.69) is 5.32 Å². The van der Waals surface area contributed by atoms with Gasteiger partial charge >= 0.3 is 0 Å². The monoisotopic (exact) mass is 605 g/mol. The first-order valence-corrected chi connectivity index (χ1v) is 16.0. The van der Waals surface area contributed by atoms with E-state index in [1.165, 1.54) is 40.7 Å². The van der Waals surface area contributed by atoms with Crippen molar-refractivity contribution < 1.29 is 31.1 Å². The van der Waals surface area contributed by atoms with Crippen LogP contribution in [0.4, 0.5) is 5.69 Å². The van der Waals surface area contributed by atoms with Crippen molar-refractivity contribution in [3.05, 3.63) is 77.8 Å². The van der Waals surface area contributed by atoms with Crippen molar-refractivity contribution in [3.8, 4) is 11.5 Å². The highest BCUT2D eigenvalue weighted by molar-refractivity contribution is 7.92. The summed E-state index contributed by atoms with van der Waals surface area (Å²) in [6, 6.07) is 18.6. The normalized spacial score (nSPS) is 17.6. The quantitative estimate of drug-likeness (QED) is 0.372. The van der Waals surface area contributed by atoms with E-state index in [9.17, 15) is 21.6 Å². The van der Waals surface area contributed by atoms with Crippen molar-refractivity contribution in [2.24, 2.45) is 0 Å². The molecule has 2 heterocycles. The first kappa shape index (κ1) is 28.2. The fourth-order valence-electron chi connectivity index (χ4n) is 4.55. The van der Waals surface area contributed by atoms with Gasteiger partial charge in [-0.15, -0.1) is 0 Å². The predicted octanol–water partition coefficient (Wildman–Crippen LogP) is 3.28. The molecule has 0 aliphatic carbocycles. The molecular weight excluding hydrogens is 578 g/mol. The summed E-state index contributed by atoms with van der Waals surface area (Å²) < 4.78 is 66.3. The molecule has 10 nitrogen and oxygen atoms in total. The van der Waals surface area contributed by atoms with E-state index >= 15 is 0 Å². The molecular formula is C27H28ClN3O7S2. The molecule has 3 aromatic rings. The second kappa shape index (κ2) is 11.7. The summed E-state index contributed by atoms with van der Waals surface area (Å²) in [5.41, 5.74) is 0.249. The van der Waals surface area contributed by atoms with E-state index in [1.807, 2.05) is 0 Å². The Hall–Kier alpha value is -3.32. The number of benzene rings is 3. The van der Waals surface area contributed by atoms with E-state index in [4.69, 9.17) is 21.1 Å². The molecule has 0 radical (unpaired) electrons. The average molecular weight is 606 g/mol. The van der Waals surface area contributed by atoms with E-state index in [1.54, 1.807) is 36.4 Å². The number of carbonyl (C=O) groups excluding carboxylic acids is 1. The number of ether oxygens (including phenoxy) is 2. The standard InChI is InChI=1S/C27H28ClN3O7S2/c28-20-8-13-25-24(18-20)31(40(35,36)22-6-2-1-3-7-22)19-26(38-25)27(32)29-14-17-37-21-9-11-23(12-10-21)39(33,34)30-15-4-5-16-30/h1-3,6-13,18,26H,4-5,14-17,19H2,(H,29,32)/t26-/m0/s1. The van der Waals surface area contributed by atoms with Gasteiger partial charge in [-0.1, -0.05) is 29.8 Å². The molecule has 1 fully saturated rings. The summed E-state index contributed by atoms with van der Waals surface area (Å²) in [7, 11) is -7.50. The molecule has 1 N–H and O–H groups in total. The van der Waals surface area contributed by atoms with Crippen LogP contribution in [0.15, 0.2) is 82.6 Å². The van der Waals surface area contributed by atoms with E-state index in [-0.39, 0.29) is 40.9 Å². The van der Waals surface area contributed by atoms with Crippen molar-refractivity contribution in [2.45, 2.75) is 28.7 Å². The van der Waals surface area contributed by atoms with E-state index < -0.39 is 32.1 Å². The number of halogens is 1. The van der Waals surface area contributed by atoms with Crippen molar-refractivity contribution in [2.75, 3.05) is 37.1 Å². The molecule has 0 bridgehead atoms. The number of sulfonamides is 2. The Morgan fingerprint density at radius 3 is 2.30 bits per heavy atom. The van der Waals surface area contributed by atoms with Crippen LogP contribution in [0.1, 0.15) is 12.8 Å². The maximum Gasteiger partial charge on any atom is 0.264 e. The van der Waals surface area contributed by atoms with Gasteiger partial charge in [0.05, 0.1) is 28.6 Å². The van der Waals surface area contributed by atoms with Crippen molar-refractivity contribution in [1.29, 1.82) is 0 Å². The first-order chi connectivity index (χ1) is 19.2. The lowest BCUT2D eigenvalue weighted by atomic mass is 10.2. The zero-order valence-corrected chi connectivity index (χ0v) is 23.8. The summed E-state index contributed by atoms with van der Waals surface area (Å²) in [5, 5.41) is 3.04. The molecule has 0 saturated carbocycles. The largest absolute Gasteiger partial charge is 0.492 e. The minimum atomic E-state index is -4.00. The van der Waals surface area contributed by atoms with Crippen LogP contribution in [0.2, 0.25) is 5.02 Å². The second-order valence-electron chi connectivity index (χ2n) is 9.29. The molecule has 13 heteroatoms. The Morgan fingerprint density at radius 2 is 1.60 bits per heavy atom. The van der Waals surface area contributed by atoms with Crippen LogP contribution >= 0.6 is 11.6 Å². The Bertz CT molecular complexity index is 1580. The van der Waals surface area contributed by atoms with Crippen molar-refractivity contribution >= 4 is 43.2 Å². The molecule has 2 aliphatic heterocycles. The van der Waals surface area contributed by atoms with Crippen molar-refractivity contribution in [3.63, 3.8) is 0 Å². The maximum atomic E-state index is 13.4. The Balaban J connectivity index is 1.20. The van der Waals surface area contributed by atoms with Gasteiger partial charge in [-0.05, 0) is 67.4 Å². The van der Waals surface area contributed by atoms with Gasteiger partial charge in [-0.2, -0.15) is 4.31 Å². The number of nitrogens with one attached hydrogen (secondary N) is 1. The fourth-order valence-corrected chi connectivity index (χ4v) is 7.72. The molecule has 3 aromatic carbocycles. The summed E-state index contributed by atoms with van der Waals surface area (Å²) in [6.45, 7) is 1.03. The smallest absolute Gasteiger partial charge is 0.264 e. The zero-order valence-electron chi connectivity index (χ0n) is 21.4. The molecule has 0 unspecified atom stereocenters. The van der Waals surface area contributed by atoms with Gasteiger partial charge in [-0.25, -0.2) is 16.8 Å². The van der Waals surface area contributed by atoms with Gasteiger partial charge in [-0.3, -0.25) is 9.10 Å². The topological polar surface area (TPSA) is 122 Å². The minimum Gasteiger partial charge on any atom is -0.492 e. The predicted molar refractivity (Wildman–Crippen MR) is 150 cm³/mol. The number of fused-ring (bicyclic) bond motifs is 1. The molecule has 1 amide bonds. The molecule has 0 spiro atoms. The lowest BCUT2D eigenvalue weighted by Crippen LogP contribution is -2.51. The number of anilines is 1. The minimum absolute atomic E-state index is 0.0784. The first-order valence-electron chi connectivity index (χ1n) is 12.7. The fraction of sp³-hybridized carbons (Fsp3) is 0.296. The summed E-state index contributed by atoms with van der Waals surface area (Å²) in [5.74, 6) is 0.162. The highest BCUT2D eigenvalue weighted by Crippen LogP contribution is 2.38. The highest BCUT2D eigenvalue weighted by atomic mass is 35.5. The summed E-state index contributed by atoms with van der Waals surface area (Å²) >= 11 is 6.13. The van der Waals surface area contributed by atoms with Gasteiger partial charge in [0, 0.05) is 18.1 Å². The molecule has 212 valence electrons. The van der Waals surface area contributed by atoms with Gasteiger partial charge in [0.1, 0.15) is 18.1 Å². The van der Waals surface area contributed by atoms with Gasteiger partial charge in [0.2, 0.25) is 10.0 Å². The third-order valence-corrected chi connectivity index (χ3v) is 10.6.